The Hall–Kier alpha value is 0.194. The van der Waals surface area contributed by atoms with Crippen molar-refractivity contribution in [3.63, 3.8) is 0 Å². The summed E-state index contributed by atoms with van der Waals surface area (Å²) < 4.78 is 31.4. The molecule has 0 aromatic rings. The molecule has 6 nitrogen and oxygen atoms in total. The summed E-state index contributed by atoms with van der Waals surface area (Å²) in [6, 6.07) is 0.888. The third-order valence-electron chi connectivity index (χ3n) is 4.67. The Morgan fingerprint density at radius 1 is 0.654 bits per heavy atom. The number of nitrogens with zero attached hydrogens (tertiary/aromatic N) is 1. The monoisotopic (exact) mass is 409 g/mol. The average molecular weight is 410 g/mol. The molecule has 0 bridgehead atoms. The van der Waals surface area contributed by atoms with Crippen LogP contribution in [0.25, 0.3) is 0 Å². The quantitative estimate of drug-likeness (QED) is 0.340. The largest absolute Gasteiger partial charge is 0.505 e. The molecule has 0 saturated heterocycles. The number of hydrogen-bond acceptors (Lipinski definition) is 6. The van der Waals surface area contributed by atoms with Crippen LogP contribution in [0, 0.1) is 0 Å². The van der Waals surface area contributed by atoms with E-state index in [4.69, 9.17) is 22.1 Å². The van der Waals surface area contributed by atoms with Gasteiger partial charge in [0.05, 0.1) is 5.16 Å². The van der Waals surface area contributed by atoms with E-state index in [9.17, 15) is 0 Å². The molecule has 158 valence electrons. The van der Waals surface area contributed by atoms with Crippen molar-refractivity contribution in [2.75, 3.05) is 52.7 Å². The van der Waals surface area contributed by atoms with E-state index in [-0.39, 0.29) is 5.16 Å². The van der Waals surface area contributed by atoms with Crippen LogP contribution in [0.15, 0.2) is 0 Å². The van der Waals surface area contributed by atoms with Crippen LogP contribution < -0.4 is 0 Å². The van der Waals surface area contributed by atoms with E-state index in [1.807, 2.05) is 34.6 Å². The average Bonchev–Trinajstić information content (AvgIpc) is 2.62. The van der Waals surface area contributed by atoms with Crippen LogP contribution in [0.4, 0.5) is 0 Å². The Kier molecular flexibility index (Phi) is 14.3. The molecule has 0 saturated carbocycles. The van der Waals surface area contributed by atoms with E-state index in [0.717, 1.165) is 25.7 Å². The van der Waals surface area contributed by atoms with Crippen LogP contribution in [0.3, 0.4) is 0 Å². The standard InChI is InChI=1S/C18H43NO5Si2/c1-9-19(10-2)16-17-25(20-11-3,21-12-4)18(8)26(22-13-5,23-14-6)24-15-7/h18H,9-17H2,1-8H3. The van der Waals surface area contributed by atoms with Gasteiger partial charge >= 0.3 is 17.4 Å². The predicted molar refractivity (Wildman–Crippen MR) is 112 cm³/mol. The molecule has 0 aliphatic rings. The van der Waals surface area contributed by atoms with Crippen molar-refractivity contribution in [2.24, 2.45) is 0 Å². The normalized spacial score (nSPS) is 14.2. The Labute approximate surface area is 164 Å². The smallest absolute Gasteiger partial charge is 0.394 e. The van der Waals surface area contributed by atoms with Crippen LogP contribution >= 0.6 is 0 Å². The summed E-state index contributed by atoms with van der Waals surface area (Å²) in [7, 11) is -5.50. The molecule has 8 heteroatoms. The lowest BCUT2D eigenvalue weighted by atomic mass is 10.5. The highest BCUT2D eigenvalue weighted by Crippen LogP contribution is 2.38. The molecule has 0 spiro atoms. The molecule has 0 aromatic carbocycles. The predicted octanol–water partition coefficient (Wildman–Crippen LogP) is 3.82. The molecule has 0 rings (SSSR count). The zero-order chi connectivity index (χ0) is 20.1. The van der Waals surface area contributed by atoms with Crippen LogP contribution in [0.5, 0.6) is 0 Å². The van der Waals surface area contributed by atoms with Crippen LogP contribution in [0.1, 0.15) is 55.4 Å². The molecule has 0 amide bonds. The zero-order valence-electron chi connectivity index (χ0n) is 18.4. The Morgan fingerprint density at radius 3 is 1.35 bits per heavy atom. The lowest BCUT2D eigenvalue weighted by Gasteiger charge is -2.43. The van der Waals surface area contributed by atoms with Gasteiger partial charge in [0.25, 0.3) is 0 Å². The summed E-state index contributed by atoms with van der Waals surface area (Å²) in [4.78, 5) is 2.41. The fraction of sp³-hybridized carbons (Fsp3) is 1.00. The molecular formula is C18H43NO5Si2. The summed E-state index contributed by atoms with van der Waals surface area (Å²) in [6.07, 6.45) is 0. The fourth-order valence-electron chi connectivity index (χ4n) is 3.37. The maximum absolute atomic E-state index is 6.40. The van der Waals surface area contributed by atoms with Crippen LogP contribution in [-0.2, 0) is 22.1 Å². The first kappa shape index (κ1) is 26.2. The summed E-state index contributed by atoms with van der Waals surface area (Å²) in [5.41, 5.74) is 0. The molecular weight excluding hydrogens is 366 g/mol. The Morgan fingerprint density at radius 2 is 1.04 bits per heavy atom. The molecule has 26 heavy (non-hydrogen) atoms. The van der Waals surface area contributed by atoms with Crippen LogP contribution in [0.2, 0.25) is 11.2 Å². The van der Waals surface area contributed by atoms with Crippen molar-refractivity contribution in [1.82, 2.24) is 4.90 Å². The van der Waals surface area contributed by atoms with Crippen molar-refractivity contribution in [1.29, 1.82) is 0 Å². The van der Waals surface area contributed by atoms with Crippen molar-refractivity contribution in [3.05, 3.63) is 0 Å². The maximum atomic E-state index is 6.40. The first-order valence-electron chi connectivity index (χ1n) is 10.4. The molecule has 0 N–H and O–H groups in total. The van der Waals surface area contributed by atoms with Crippen molar-refractivity contribution < 1.29 is 22.1 Å². The molecule has 0 aliphatic heterocycles. The van der Waals surface area contributed by atoms with Gasteiger partial charge in [0, 0.05) is 45.6 Å². The molecule has 0 aromatic heterocycles. The Balaban J connectivity index is 5.82. The van der Waals surface area contributed by atoms with E-state index < -0.39 is 17.4 Å². The number of rotatable bonds is 17. The second kappa shape index (κ2) is 14.2. The van der Waals surface area contributed by atoms with E-state index >= 15 is 0 Å². The van der Waals surface area contributed by atoms with Crippen molar-refractivity contribution in [3.8, 4) is 0 Å². The van der Waals surface area contributed by atoms with Gasteiger partial charge in [-0.05, 0) is 47.7 Å². The Bertz CT molecular complexity index is 323. The van der Waals surface area contributed by atoms with Crippen molar-refractivity contribution in [2.45, 2.75) is 66.6 Å². The SMILES string of the molecule is CCO[Si](CCN(CC)CC)(OCC)C(C)[Si](OCC)(OCC)OCC. The molecule has 0 radical (unpaired) electrons. The van der Waals surface area contributed by atoms with Gasteiger partial charge in [-0.15, -0.1) is 0 Å². The lowest BCUT2D eigenvalue weighted by molar-refractivity contribution is 0.0605. The van der Waals surface area contributed by atoms with E-state index in [1.165, 1.54) is 0 Å². The zero-order valence-corrected chi connectivity index (χ0v) is 20.4. The van der Waals surface area contributed by atoms with Gasteiger partial charge in [0.2, 0.25) is 0 Å². The second-order valence-electron chi connectivity index (χ2n) is 6.08. The van der Waals surface area contributed by atoms with Gasteiger partial charge in [0.1, 0.15) is 0 Å². The van der Waals surface area contributed by atoms with E-state index in [2.05, 4.69) is 25.7 Å². The minimum Gasteiger partial charge on any atom is -0.394 e. The van der Waals surface area contributed by atoms with Gasteiger partial charge in [0.15, 0.2) is 0 Å². The summed E-state index contributed by atoms with van der Waals surface area (Å²) in [5.74, 6) is 0. The topological polar surface area (TPSA) is 49.4 Å². The van der Waals surface area contributed by atoms with Gasteiger partial charge in [-0.25, -0.2) is 0 Å². The van der Waals surface area contributed by atoms with Gasteiger partial charge in [-0.1, -0.05) is 20.8 Å². The minimum atomic E-state index is -2.91. The summed E-state index contributed by atoms with van der Waals surface area (Å²) >= 11 is 0. The third-order valence-corrected chi connectivity index (χ3v) is 14.0. The third kappa shape index (κ3) is 7.31. The molecule has 0 heterocycles. The lowest BCUT2D eigenvalue weighted by Crippen LogP contribution is -2.62. The minimum absolute atomic E-state index is 0.00492. The molecule has 0 fully saturated rings. The number of hydrogen-bond donors (Lipinski definition) is 0. The van der Waals surface area contributed by atoms with Gasteiger partial charge in [-0.2, -0.15) is 0 Å². The van der Waals surface area contributed by atoms with E-state index in [1.54, 1.807) is 0 Å². The van der Waals surface area contributed by atoms with Crippen molar-refractivity contribution >= 4 is 17.4 Å². The summed E-state index contributed by atoms with van der Waals surface area (Å²) in [6.45, 7) is 22.6. The second-order valence-corrected chi connectivity index (χ2v) is 13.2. The summed E-state index contributed by atoms with van der Waals surface area (Å²) in [5, 5.41) is 0.00492. The molecule has 0 aliphatic carbocycles. The van der Waals surface area contributed by atoms with Gasteiger partial charge in [-0.3, -0.25) is 0 Å². The highest BCUT2D eigenvalue weighted by atomic mass is 28.4. The first-order valence-corrected chi connectivity index (χ1v) is 14.3. The first-order chi connectivity index (χ1) is 12.5. The highest BCUT2D eigenvalue weighted by molar-refractivity contribution is 6.85. The fourth-order valence-corrected chi connectivity index (χ4v) is 12.3. The maximum Gasteiger partial charge on any atom is 0.505 e. The van der Waals surface area contributed by atoms with Crippen LogP contribution in [-0.4, -0.2) is 74.9 Å². The highest BCUT2D eigenvalue weighted by Gasteiger charge is 2.60. The van der Waals surface area contributed by atoms with Gasteiger partial charge < -0.3 is 27.0 Å². The van der Waals surface area contributed by atoms with E-state index in [0.29, 0.717) is 33.0 Å². The molecule has 1 unspecified atom stereocenters. The molecule has 1 atom stereocenters.